The summed E-state index contributed by atoms with van der Waals surface area (Å²) < 4.78 is 27.4. The summed E-state index contributed by atoms with van der Waals surface area (Å²) in [7, 11) is 0. The van der Waals surface area contributed by atoms with E-state index < -0.39 is 23.8 Å². The second-order valence-electron chi connectivity index (χ2n) is 5.42. The van der Waals surface area contributed by atoms with Crippen LogP contribution >= 0.6 is 11.3 Å². The van der Waals surface area contributed by atoms with Crippen molar-refractivity contribution in [1.29, 1.82) is 0 Å². The number of aliphatic hydroxyl groups excluding tert-OH is 1. The van der Waals surface area contributed by atoms with Crippen molar-refractivity contribution in [3.8, 4) is 0 Å². The molecule has 2 N–H and O–H groups in total. The van der Waals surface area contributed by atoms with E-state index >= 15 is 0 Å². The van der Waals surface area contributed by atoms with Crippen LogP contribution in [0.2, 0.25) is 0 Å². The number of aromatic nitrogens is 1. The molecule has 0 unspecified atom stereocenters. The molecule has 1 aliphatic heterocycles. The van der Waals surface area contributed by atoms with Crippen molar-refractivity contribution in [2.45, 2.75) is 18.7 Å². The van der Waals surface area contributed by atoms with Gasteiger partial charge < -0.3 is 10.4 Å². The van der Waals surface area contributed by atoms with Gasteiger partial charge in [-0.25, -0.2) is 13.8 Å². The first-order chi connectivity index (χ1) is 11.0. The van der Waals surface area contributed by atoms with Crippen molar-refractivity contribution in [3.63, 3.8) is 0 Å². The van der Waals surface area contributed by atoms with Crippen molar-refractivity contribution in [2.75, 3.05) is 13.1 Å². The third kappa shape index (κ3) is 3.54. The standard InChI is InChI=1S/C15H15F2N3O2S/c16-10-2-1-3-11(17)9(10)4-20-5-12(14(21)6-20)19-15(22)13-7-23-8-18-13/h1-3,7-8,12,14,21H,4-6H2,(H,19,22)/t12-,14-/m1/s1. The minimum absolute atomic E-state index is 0.0359. The average Bonchev–Trinajstić information content (AvgIpc) is 3.14. The largest absolute Gasteiger partial charge is 0.390 e. The molecule has 2 heterocycles. The smallest absolute Gasteiger partial charge is 0.271 e. The zero-order valence-electron chi connectivity index (χ0n) is 12.1. The third-order valence-corrected chi connectivity index (χ3v) is 4.38. The van der Waals surface area contributed by atoms with Crippen LogP contribution in [0.15, 0.2) is 29.1 Å². The molecule has 1 aromatic carbocycles. The summed E-state index contributed by atoms with van der Waals surface area (Å²) in [5.74, 6) is -1.60. The van der Waals surface area contributed by atoms with Gasteiger partial charge in [0.15, 0.2) is 0 Å². The first-order valence-electron chi connectivity index (χ1n) is 7.07. The highest BCUT2D eigenvalue weighted by Crippen LogP contribution is 2.19. The van der Waals surface area contributed by atoms with Crippen LogP contribution in [0.25, 0.3) is 0 Å². The van der Waals surface area contributed by atoms with E-state index in [1.807, 2.05) is 0 Å². The van der Waals surface area contributed by atoms with Crippen molar-refractivity contribution in [3.05, 3.63) is 52.0 Å². The number of carbonyl (C=O) groups excluding carboxylic acids is 1. The monoisotopic (exact) mass is 339 g/mol. The topological polar surface area (TPSA) is 65.5 Å². The third-order valence-electron chi connectivity index (χ3n) is 3.79. The lowest BCUT2D eigenvalue weighted by Gasteiger charge is -2.17. The number of hydrogen-bond donors (Lipinski definition) is 2. The number of amides is 1. The van der Waals surface area contributed by atoms with Crippen molar-refractivity contribution in [1.82, 2.24) is 15.2 Å². The molecule has 1 saturated heterocycles. The van der Waals surface area contributed by atoms with Gasteiger partial charge in [-0.2, -0.15) is 0 Å². The van der Waals surface area contributed by atoms with E-state index in [-0.39, 0.29) is 24.6 Å². The number of nitrogens with one attached hydrogen (secondary N) is 1. The molecule has 3 rings (SSSR count). The fraction of sp³-hybridized carbons (Fsp3) is 0.333. The molecule has 122 valence electrons. The maximum absolute atomic E-state index is 13.7. The number of benzene rings is 1. The van der Waals surface area contributed by atoms with E-state index in [0.29, 0.717) is 12.2 Å². The molecule has 0 aliphatic carbocycles. The number of thiazole rings is 1. The van der Waals surface area contributed by atoms with E-state index in [0.717, 1.165) is 0 Å². The molecular weight excluding hydrogens is 324 g/mol. The van der Waals surface area contributed by atoms with Crippen LogP contribution in [-0.4, -0.2) is 46.1 Å². The fourth-order valence-corrected chi connectivity index (χ4v) is 3.14. The number of nitrogens with zero attached hydrogens (tertiary/aromatic N) is 2. The molecule has 1 aromatic heterocycles. The van der Waals surface area contributed by atoms with Gasteiger partial charge in [0.2, 0.25) is 0 Å². The van der Waals surface area contributed by atoms with Crippen LogP contribution in [0.5, 0.6) is 0 Å². The van der Waals surface area contributed by atoms with Crippen LogP contribution in [0.3, 0.4) is 0 Å². The Labute approximate surface area is 135 Å². The number of halogens is 2. The van der Waals surface area contributed by atoms with Crippen LogP contribution in [0.1, 0.15) is 16.1 Å². The van der Waals surface area contributed by atoms with Gasteiger partial charge in [-0.1, -0.05) is 6.07 Å². The van der Waals surface area contributed by atoms with Gasteiger partial charge in [0, 0.05) is 30.6 Å². The summed E-state index contributed by atoms with van der Waals surface area (Å²) in [5.41, 5.74) is 1.81. The molecule has 1 fully saturated rings. The Morgan fingerprint density at radius 3 is 2.78 bits per heavy atom. The number of aliphatic hydroxyl groups is 1. The summed E-state index contributed by atoms with van der Waals surface area (Å²) in [6, 6.07) is 3.21. The highest BCUT2D eigenvalue weighted by molar-refractivity contribution is 7.07. The summed E-state index contributed by atoms with van der Waals surface area (Å²) in [4.78, 5) is 17.6. The second-order valence-corrected chi connectivity index (χ2v) is 6.13. The zero-order chi connectivity index (χ0) is 16.4. The minimum Gasteiger partial charge on any atom is -0.390 e. The molecule has 2 atom stereocenters. The maximum Gasteiger partial charge on any atom is 0.271 e. The molecule has 23 heavy (non-hydrogen) atoms. The molecule has 2 aromatic rings. The lowest BCUT2D eigenvalue weighted by molar-refractivity contribution is 0.0884. The molecule has 0 spiro atoms. The van der Waals surface area contributed by atoms with Gasteiger partial charge in [0.25, 0.3) is 5.91 Å². The molecule has 0 bridgehead atoms. The summed E-state index contributed by atoms with van der Waals surface area (Å²) in [6.07, 6.45) is -0.799. The predicted molar refractivity (Wildman–Crippen MR) is 81.0 cm³/mol. The summed E-state index contributed by atoms with van der Waals surface area (Å²) in [5, 5.41) is 14.4. The Morgan fingerprint density at radius 1 is 1.39 bits per heavy atom. The molecule has 0 radical (unpaired) electrons. The van der Waals surface area contributed by atoms with E-state index in [1.54, 1.807) is 15.8 Å². The Kier molecular flexibility index (Phi) is 4.65. The van der Waals surface area contributed by atoms with Crippen LogP contribution in [0.4, 0.5) is 8.78 Å². The number of carbonyl (C=O) groups is 1. The highest BCUT2D eigenvalue weighted by Gasteiger charge is 2.33. The van der Waals surface area contributed by atoms with E-state index in [2.05, 4.69) is 10.3 Å². The minimum atomic E-state index is -0.799. The Balaban J connectivity index is 1.63. The first kappa shape index (κ1) is 16.0. The quantitative estimate of drug-likeness (QED) is 0.884. The van der Waals surface area contributed by atoms with Crippen molar-refractivity contribution >= 4 is 17.2 Å². The van der Waals surface area contributed by atoms with Gasteiger partial charge >= 0.3 is 0 Å². The fourth-order valence-electron chi connectivity index (χ4n) is 2.61. The van der Waals surface area contributed by atoms with Crippen molar-refractivity contribution < 1.29 is 18.7 Å². The van der Waals surface area contributed by atoms with Gasteiger partial charge in [0.05, 0.1) is 17.7 Å². The normalized spacial score (nSPS) is 21.5. The lowest BCUT2D eigenvalue weighted by atomic mass is 10.2. The summed E-state index contributed by atoms with van der Waals surface area (Å²) in [6.45, 7) is 0.583. The second kappa shape index (κ2) is 6.69. The average molecular weight is 339 g/mol. The van der Waals surface area contributed by atoms with E-state index in [1.165, 1.54) is 29.5 Å². The number of hydrogen-bond acceptors (Lipinski definition) is 5. The zero-order valence-corrected chi connectivity index (χ0v) is 12.9. The van der Waals surface area contributed by atoms with Gasteiger partial charge in [-0.15, -0.1) is 11.3 Å². The van der Waals surface area contributed by atoms with Gasteiger partial charge in [-0.05, 0) is 12.1 Å². The highest BCUT2D eigenvalue weighted by atomic mass is 32.1. The van der Waals surface area contributed by atoms with Crippen LogP contribution < -0.4 is 5.32 Å². The molecule has 8 heteroatoms. The Morgan fingerprint density at radius 2 is 2.13 bits per heavy atom. The van der Waals surface area contributed by atoms with E-state index in [4.69, 9.17) is 0 Å². The van der Waals surface area contributed by atoms with Crippen LogP contribution in [0, 0.1) is 11.6 Å². The van der Waals surface area contributed by atoms with E-state index in [9.17, 15) is 18.7 Å². The SMILES string of the molecule is O=C(N[C@@H]1CN(Cc2c(F)cccc2F)C[C@H]1O)c1cscn1. The number of likely N-dealkylation sites (tertiary alicyclic amines) is 1. The molecular formula is C15H15F2N3O2S. The molecule has 1 aliphatic rings. The number of rotatable bonds is 4. The molecule has 1 amide bonds. The number of β-amino-alcohol motifs (C(OH)–C–C–N with tert-alkyl or cyclic N) is 1. The van der Waals surface area contributed by atoms with Crippen LogP contribution in [-0.2, 0) is 6.54 Å². The Hall–Kier alpha value is -1.90. The maximum atomic E-state index is 13.7. The summed E-state index contributed by atoms with van der Waals surface area (Å²) >= 11 is 1.30. The Bertz CT molecular complexity index is 676. The molecule has 5 nitrogen and oxygen atoms in total. The van der Waals surface area contributed by atoms with Crippen molar-refractivity contribution in [2.24, 2.45) is 0 Å². The first-order valence-corrected chi connectivity index (χ1v) is 8.01. The molecule has 0 saturated carbocycles. The van der Waals surface area contributed by atoms with Gasteiger partial charge in [0.1, 0.15) is 17.3 Å². The lowest BCUT2D eigenvalue weighted by Crippen LogP contribution is -2.42. The predicted octanol–water partition coefficient (Wildman–Crippen LogP) is 1.40. The van der Waals surface area contributed by atoms with Gasteiger partial charge in [-0.3, -0.25) is 9.69 Å².